The van der Waals surface area contributed by atoms with E-state index in [0.717, 1.165) is 35.2 Å². The zero-order valence-corrected chi connectivity index (χ0v) is 12.0. The van der Waals surface area contributed by atoms with Crippen molar-refractivity contribution in [3.05, 3.63) is 60.2 Å². The molecular formula is C17H18N4. The zero-order valence-electron chi connectivity index (χ0n) is 12.0. The van der Waals surface area contributed by atoms with Crippen LogP contribution in [0.4, 0.5) is 5.95 Å². The highest BCUT2D eigenvalue weighted by atomic mass is 15.4. The molecule has 2 N–H and O–H groups in total. The highest BCUT2D eigenvalue weighted by Gasteiger charge is 2.04. The molecule has 0 amide bonds. The molecule has 2 aromatic carbocycles. The van der Waals surface area contributed by atoms with Crippen molar-refractivity contribution in [3.63, 3.8) is 0 Å². The fourth-order valence-corrected chi connectivity index (χ4v) is 2.26. The van der Waals surface area contributed by atoms with E-state index < -0.39 is 0 Å². The SMILES string of the molecule is CCC/C(=N\Nc1nc2ccccc2[nH]1)c1ccccc1. The van der Waals surface area contributed by atoms with Gasteiger partial charge >= 0.3 is 0 Å². The van der Waals surface area contributed by atoms with Crippen molar-refractivity contribution in [2.24, 2.45) is 5.10 Å². The lowest BCUT2D eigenvalue weighted by molar-refractivity contribution is 0.986. The van der Waals surface area contributed by atoms with Gasteiger partial charge in [0.25, 0.3) is 0 Å². The number of H-pyrrole nitrogens is 1. The van der Waals surface area contributed by atoms with Crippen molar-refractivity contribution in [2.75, 3.05) is 5.43 Å². The molecule has 4 heteroatoms. The summed E-state index contributed by atoms with van der Waals surface area (Å²) >= 11 is 0. The first-order chi connectivity index (χ1) is 10.4. The minimum Gasteiger partial charge on any atom is -0.323 e. The number of hydrazone groups is 1. The highest BCUT2D eigenvalue weighted by molar-refractivity contribution is 6.00. The van der Waals surface area contributed by atoms with Gasteiger partial charge in [0.05, 0.1) is 16.7 Å². The van der Waals surface area contributed by atoms with Crippen LogP contribution < -0.4 is 5.43 Å². The first-order valence-corrected chi connectivity index (χ1v) is 7.19. The minimum absolute atomic E-state index is 0.667. The summed E-state index contributed by atoms with van der Waals surface area (Å²) in [5, 5.41) is 4.52. The number of benzene rings is 2. The van der Waals surface area contributed by atoms with Crippen LogP contribution in [0.1, 0.15) is 25.3 Å². The van der Waals surface area contributed by atoms with Gasteiger partial charge in [0.2, 0.25) is 5.95 Å². The summed E-state index contributed by atoms with van der Waals surface area (Å²) < 4.78 is 0. The average molecular weight is 278 g/mol. The van der Waals surface area contributed by atoms with Gasteiger partial charge in [-0.25, -0.2) is 10.4 Å². The molecule has 4 nitrogen and oxygen atoms in total. The summed E-state index contributed by atoms with van der Waals surface area (Å²) in [6.07, 6.45) is 1.98. The summed E-state index contributed by atoms with van der Waals surface area (Å²) in [6.45, 7) is 2.15. The highest BCUT2D eigenvalue weighted by Crippen LogP contribution is 2.14. The number of aromatic amines is 1. The molecular weight excluding hydrogens is 260 g/mol. The number of aromatic nitrogens is 2. The van der Waals surface area contributed by atoms with Gasteiger partial charge in [-0.2, -0.15) is 5.10 Å². The van der Waals surface area contributed by atoms with Crippen molar-refractivity contribution in [1.29, 1.82) is 0 Å². The van der Waals surface area contributed by atoms with Gasteiger partial charge in [0.15, 0.2) is 0 Å². The summed E-state index contributed by atoms with van der Waals surface area (Å²) in [5.41, 5.74) is 7.16. The number of hydrogen-bond donors (Lipinski definition) is 2. The minimum atomic E-state index is 0.667. The lowest BCUT2D eigenvalue weighted by atomic mass is 10.1. The Hall–Kier alpha value is -2.62. The Balaban J connectivity index is 1.84. The molecule has 1 aromatic heterocycles. The third kappa shape index (κ3) is 3.11. The molecule has 106 valence electrons. The van der Waals surface area contributed by atoms with Crippen LogP contribution in [0.15, 0.2) is 59.7 Å². The van der Waals surface area contributed by atoms with Gasteiger partial charge in [-0.1, -0.05) is 55.8 Å². The van der Waals surface area contributed by atoms with Crippen molar-refractivity contribution in [1.82, 2.24) is 9.97 Å². The second kappa shape index (κ2) is 6.22. The first-order valence-electron chi connectivity index (χ1n) is 7.19. The number of rotatable bonds is 5. The van der Waals surface area contributed by atoms with Gasteiger partial charge in [-0.15, -0.1) is 0 Å². The van der Waals surface area contributed by atoms with Crippen LogP contribution in [0, 0.1) is 0 Å². The Morgan fingerprint density at radius 2 is 1.86 bits per heavy atom. The Labute approximate surface area is 123 Å². The van der Waals surface area contributed by atoms with Crippen LogP contribution in [-0.4, -0.2) is 15.7 Å². The maximum atomic E-state index is 4.52. The van der Waals surface area contributed by atoms with Crippen molar-refractivity contribution in [3.8, 4) is 0 Å². The lowest BCUT2D eigenvalue weighted by Gasteiger charge is -2.05. The molecule has 0 aliphatic carbocycles. The maximum Gasteiger partial charge on any atom is 0.222 e. The quantitative estimate of drug-likeness (QED) is 0.543. The van der Waals surface area contributed by atoms with E-state index in [1.807, 2.05) is 42.5 Å². The Bertz CT molecular complexity index is 711. The van der Waals surface area contributed by atoms with Crippen LogP contribution in [0.25, 0.3) is 11.0 Å². The topological polar surface area (TPSA) is 53.1 Å². The number of nitrogens with one attached hydrogen (secondary N) is 2. The molecule has 0 saturated heterocycles. The smallest absolute Gasteiger partial charge is 0.222 e. The number of anilines is 1. The molecule has 0 saturated carbocycles. The molecule has 0 unspecified atom stereocenters. The zero-order chi connectivity index (χ0) is 14.5. The molecule has 0 aliphatic heterocycles. The predicted octanol–water partition coefficient (Wildman–Crippen LogP) is 4.18. The Morgan fingerprint density at radius 3 is 2.62 bits per heavy atom. The van der Waals surface area contributed by atoms with Crippen LogP contribution >= 0.6 is 0 Å². The van der Waals surface area contributed by atoms with Gasteiger partial charge < -0.3 is 4.98 Å². The third-order valence-electron chi connectivity index (χ3n) is 3.28. The van der Waals surface area contributed by atoms with E-state index in [1.54, 1.807) is 0 Å². The monoisotopic (exact) mass is 278 g/mol. The second-order valence-electron chi connectivity index (χ2n) is 4.89. The molecule has 0 radical (unpaired) electrons. The molecule has 0 aliphatic rings. The summed E-state index contributed by atoms with van der Waals surface area (Å²) in [4.78, 5) is 7.68. The molecule has 0 atom stereocenters. The average Bonchev–Trinajstić information content (AvgIpc) is 2.95. The van der Waals surface area contributed by atoms with E-state index in [1.165, 1.54) is 0 Å². The van der Waals surface area contributed by atoms with Crippen molar-refractivity contribution < 1.29 is 0 Å². The summed E-state index contributed by atoms with van der Waals surface area (Å²) in [6, 6.07) is 18.2. The van der Waals surface area contributed by atoms with Gasteiger partial charge in [-0.05, 0) is 24.1 Å². The van der Waals surface area contributed by atoms with Crippen LogP contribution in [-0.2, 0) is 0 Å². The van der Waals surface area contributed by atoms with E-state index >= 15 is 0 Å². The molecule has 0 bridgehead atoms. The molecule has 0 spiro atoms. The standard InChI is InChI=1S/C17H18N4/c1-2-8-14(13-9-4-3-5-10-13)20-21-17-18-15-11-6-7-12-16(15)19-17/h3-7,9-12H,2,8H2,1H3,(H2,18,19,21)/b20-14+. The largest absolute Gasteiger partial charge is 0.323 e. The number of nitrogens with zero attached hydrogens (tertiary/aromatic N) is 2. The number of para-hydroxylation sites is 2. The van der Waals surface area contributed by atoms with Gasteiger partial charge in [0.1, 0.15) is 0 Å². The number of hydrogen-bond acceptors (Lipinski definition) is 3. The van der Waals surface area contributed by atoms with E-state index in [4.69, 9.17) is 0 Å². The van der Waals surface area contributed by atoms with Crippen molar-refractivity contribution >= 4 is 22.7 Å². The summed E-state index contributed by atoms with van der Waals surface area (Å²) in [5.74, 6) is 0.667. The van der Waals surface area contributed by atoms with Crippen molar-refractivity contribution in [2.45, 2.75) is 19.8 Å². The Morgan fingerprint density at radius 1 is 1.10 bits per heavy atom. The fraction of sp³-hybridized carbons (Fsp3) is 0.176. The molecule has 3 aromatic rings. The second-order valence-corrected chi connectivity index (χ2v) is 4.89. The summed E-state index contributed by atoms with van der Waals surface area (Å²) in [7, 11) is 0. The normalized spacial score (nSPS) is 11.8. The third-order valence-corrected chi connectivity index (χ3v) is 3.28. The van der Waals surface area contributed by atoms with Crippen LogP contribution in [0.5, 0.6) is 0 Å². The maximum absolute atomic E-state index is 4.52. The van der Waals surface area contributed by atoms with Gasteiger partial charge in [0, 0.05) is 0 Å². The molecule has 0 fully saturated rings. The lowest BCUT2D eigenvalue weighted by Crippen LogP contribution is -2.04. The fourth-order valence-electron chi connectivity index (χ4n) is 2.26. The first kappa shape index (κ1) is 13.4. The predicted molar refractivity (Wildman–Crippen MR) is 87.6 cm³/mol. The molecule has 21 heavy (non-hydrogen) atoms. The Kier molecular flexibility index (Phi) is 3.96. The van der Waals surface area contributed by atoms with E-state index in [0.29, 0.717) is 5.95 Å². The van der Waals surface area contributed by atoms with Crippen LogP contribution in [0.3, 0.4) is 0 Å². The number of fused-ring (bicyclic) bond motifs is 1. The number of imidazole rings is 1. The van der Waals surface area contributed by atoms with Crippen LogP contribution in [0.2, 0.25) is 0 Å². The molecule has 3 rings (SSSR count). The van der Waals surface area contributed by atoms with E-state index in [2.05, 4.69) is 39.6 Å². The van der Waals surface area contributed by atoms with Gasteiger partial charge in [-0.3, -0.25) is 0 Å². The van der Waals surface area contributed by atoms with E-state index in [-0.39, 0.29) is 0 Å². The molecule has 1 heterocycles. The van der Waals surface area contributed by atoms with E-state index in [9.17, 15) is 0 Å².